The molecule has 1 aliphatic rings. The molecule has 7 nitrogen and oxygen atoms in total. The molecule has 3 aromatic rings. The molecule has 138 valence electrons. The molecule has 1 unspecified atom stereocenters. The second-order valence-electron chi connectivity index (χ2n) is 6.32. The molecule has 0 aromatic carbocycles. The second-order valence-corrected chi connectivity index (χ2v) is 7.35. The molecular weight excluding hydrogens is 376 g/mol. The lowest BCUT2D eigenvalue weighted by molar-refractivity contribution is 0.482. The number of hydrogen-bond acceptors (Lipinski definition) is 7. The number of nitriles is 2. The Labute approximate surface area is 163 Å². The van der Waals surface area contributed by atoms with Crippen LogP contribution in [0.3, 0.4) is 0 Å². The smallest absolute Gasteiger partial charge is 0.274 e. The first-order valence-corrected chi connectivity index (χ1v) is 9.17. The zero-order valence-corrected chi connectivity index (χ0v) is 15.8. The minimum absolute atomic E-state index is 0.00655. The third kappa shape index (κ3) is 2.59. The first kappa shape index (κ1) is 17.7. The maximum Gasteiger partial charge on any atom is 0.274 e. The molecule has 0 saturated carbocycles. The van der Waals surface area contributed by atoms with E-state index in [1.54, 1.807) is 44.2 Å². The third-order valence-electron chi connectivity index (χ3n) is 4.47. The van der Waals surface area contributed by atoms with Gasteiger partial charge in [0.1, 0.15) is 33.5 Å². The van der Waals surface area contributed by atoms with E-state index in [4.69, 9.17) is 14.6 Å². The van der Waals surface area contributed by atoms with Crippen molar-refractivity contribution in [2.24, 2.45) is 5.73 Å². The highest BCUT2D eigenvalue weighted by molar-refractivity contribution is 7.07. The summed E-state index contributed by atoms with van der Waals surface area (Å²) in [5.74, 6) is 1.59. The highest BCUT2D eigenvalue weighted by atomic mass is 32.1. The summed E-state index contributed by atoms with van der Waals surface area (Å²) >= 11 is 1.13. The Morgan fingerprint density at radius 1 is 1.11 bits per heavy atom. The van der Waals surface area contributed by atoms with Crippen LogP contribution in [0.15, 0.2) is 43.5 Å². The number of fused-ring (bicyclic) bond motifs is 1. The van der Waals surface area contributed by atoms with Crippen molar-refractivity contribution in [3.63, 3.8) is 0 Å². The van der Waals surface area contributed by atoms with E-state index in [1.165, 1.54) is 4.57 Å². The lowest BCUT2D eigenvalue weighted by Crippen LogP contribution is -2.38. The molecule has 8 heteroatoms. The van der Waals surface area contributed by atoms with Gasteiger partial charge in [0.2, 0.25) is 0 Å². The quantitative estimate of drug-likeness (QED) is 0.710. The van der Waals surface area contributed by atoms with Gasteiger partial charge in [0.05, 0.1) is 33.7 Å². The minimum atomic E-state index is -0.750. The average Bonchev–Trinajstić information content (AvgIpc) is 3.35. The molecule has 0 aliphatic carbocycles. The fourth-order valence-corrected chi connectivity index (χ4v) is 4.31. The lowest BCUT2D eigenvalue weighted by Gasteiger charge is -2.20. The molecular formula is C20H14N4O3S. The first-order chi connectivity index (χ1) is 13.4. The van der Waals surface area contributed by atoms with Crippen molar-refractivity contribution in [3.8, 4) is 12.1 Å². The van der Waals surface area contributed by atoms with E-state index < -0.39 is 11.5 Å². The molecule has 4 rings (SSSR count). The van der Waals surface area contributed by atoms with Crippen molar-refractivity contribution in [1.29, 1.82) is 10.5 Å². The van der Waals surface area contributed by atoms with E-state index in [1.807, 2.05) is 6.07 Å². The number of nitrogens with zero attached hydrogens (tertiary/aromatic N) is 3. The zero-order chi connectivity index (χ0) is 20.0. The maximum absolute atomic E-state index is 12.9. The van der Waals surface area contributed by atoms with Gasteiger partial charge in [-0.15, -0.1) is 11.3 Å². The Kier molecular flexibility index (Phi) is 4.07. The Balaban J connectivity index is 2.07. The van der Waals surface area contributed by atoms with Crippen LogP contribution in [-0.2, 0) is 0 Å². The van der Waals surface area contributed by atoms with Crippen molar-refractivity contribution >= 4 is 28.8 Å². The van der Waals surface area contributed by atoms with E-state index >= 15 is 0 Å². The minimum Gasteiger partial charge on any atom is -0.465 e. The number of aromatic nitrogens is 1. The van der Waals surface area contributed by atoms with Crippen LogP contribution in [0.1, 0.15) is 29.0 Å². The van der Waals surface area contributed by atoms with Crippen LogP contribution in [0, 0.1) is 36.5 Å². The summed E-state index contributed by atoms with van der Waals surface area (Å²) in [4.78, 5) is 12.9. The van der Waals surface area contributed by atoms with Gasteiger partial charge >= 0.3 is 0 Å². The summed E-state index contributed by atoms with van der Waals surface area (Å²) in [6.07, 6.45) is 1.60. The fourth-order valence-electron chi connectivity index (χ4n) is 3.20. The van der Waals surface area contributed by atoms with Crippen LogP contribution in [0.2, 0.25) is 0 Å². The summed E-state index contributed by atoms with van der Waals surface area (Å²) in [6, 6.07) is 11.2. The summed E-state index contributed by atoms with van der Waals surface area (Å²) < 4.78 is 13.1. The van der Waals surface area contributed by atoms with Gasteiger partial charge in [-0.3, -0.25) is 9.36 Å². The predicted molar refractivity (Wildman–Crippen MR) is 103 cm³/mol. The number of furan rings is 2. The normalized spacial score (nSPS) is 16.8. The van der Waals surface area contributed by atoms with Crippen molar-refractivity contribution in [1.82, 2.24) is 4.57 Å². The maximum atomic E-state index is 12.9. The Bertz CT molecular complexity index is 1400. The molecule has 2 N–H and O–H groups in total. The average molecular weight is 390 g/mol. The van der Waals surface area contributed by atoms with E-state index in [2.05, 4.69) is 6.07 Å². The lowest BCUT2D eigenvalue weighted by atomic mass is 9.88. The summed E-state index contributed by atoms with van der Waals surface area (Å²) in [7, 11) is 0. The van der Waals surface area contributed by atoms with Crippen LogP contribution in [0.4, 0.5) is 0 Å². The van der Waals surface area contributed by atoms with Crippen molar-refractivity contribution in [3.05, 3.63) is 72.4 Å². The van der Waals surface area contributed by atoms with Crippen LogP contribution >= 0.6 is 11.3 Å². The largest absolute Gasteiger partial charge is 0.465 e. The van der Waals surface area contributed by atoms with Crippen LogP contribution < -0.4 is 20.5 Å². The highest BCUT2D eigenvalue weighted by Crippen LogP contribution is 2.36. The van der Waals surface area contributed by atoms with Crippen LogP contribution in [-0.4, -0.2) is 4.57 Å². The van der Waals surface area contributed by atoms with E-state index in [-0.39, 0.29) is 17.0 Å². The number of hydrogen-bond donors (Lipinski definition) is 1. The zero-order valence-electron chi connectivity index (χ0n) is 15.0. The van der Waals surface area contributed by atoms with Crippen LogP contribution in [0.5, 0.6) is 0 Å². The van der Waals surface area contributed by atoms with Gasteiger partial charge in [0, 0.05) is 6.08 Å². The van der Waals surface area contributed by atoms with Gasteiger partial charge in [-0.05, 0) is 38.1 Å². The topological polar surface area (TPSA) is 122 Å². The molecule has 4 heterocycles. The van der Waals surface area contributed by atoms with Gasteiger partial charge in [-0.1, -0.05) is 0 Å². The van der Waals surface area contributed by atoms with Gasteiger partial charge in [0.25, 0.3) is 5.56 Å². The molecule has 0 radical (unpaired) electrons. The van der Waals surface area contributed by atoms with E-state index in [0.717, 1.165) is 17.1 Å². The first-order valence-electron chi connectivity index (χ1n) is 8.35. The van der Waals surface area contributed by atoms with Gasteiger partial charge in [-0.25, -0.2) is 0 Å². The third-order valence-corrected chi connectivity index (χ3v) is 5.58. The van der Waals surface area contributed by atoms with Gasteiger partial charge < -0.3 is 14.6 Å². The molecule has 0 spiro atoms. The monoisotopic (exact) mass is 390 g/mol. The van der Waals surface area contributed by atoms with Gasteiger partial charge in [0.15, 0.2) is 0 Å². The standard InChI is InChI=1S/C20H14N4O3S/c1-10-3-5-12(26-10)7-16-19(25)24-18(23)13(8-21)17(14(9-22)20(24)28-16)15-6-4-11(2)27-15/h3-7,17H,23H2,1-2H3. The molecule has 0 amide bonds. The molecule has 3 aromatic heterocycles. The number of allylic oxidation sites excluding steroid dienone is 1. The molecule has 0 saturated heterocycles. The SMILES string of the molecule is Cc1ccc(C=c2sc3n(c2=O)C(N)=C(C#N)C(c2ccc(C)o2)C=3C#N)o1. The van der Waals surface area contributed by atoms with Gasteiger partial charge in [-0.2, -0.15) is 10.5 Å². The molecule has 1 atom stereocenters. The fraction of sp³-hybridized carbons (Fsp3) is 0.150. The van der Waals surface area contributed by atoms with Crippen LogP contribution in [0.25, 0.3) is 17.5 Å². The van der Waals surface area contributed by atoms with E-state index in [0.29, 0.717) is 26.5 Å². The molecule has 28 heavy (non-hydrogen) atoms. The number of thiazole rings is 1. The molecule has 1 aliphatic heterocycles. The van der Waals surface area contributed by atoms with Crippen molar-refractivity contribution < 1.29 is 8.83 Å². The Morgan fingerprint density at radius 3 is 2.36 bits per heavy atom. The van der Waals surface area contributed by atoms with E-state index in [9.17, 15) is 15.3 Å². The Hall–Kier alpha value is -3.75. The Morgan fingerprint density at radius 2 is 1.79 bits per heavy atom. The number of rotatable bonds is 2. The molecule has 0 fully saturated rings. The highest BCUT2D eigenvalue weighted by Gasteiger charge is 2.34. The number of nitrogens with two attached hydrogens (primary N) is 1. The summed E-state index contributed by atoms with van der Waals surface area (Å²) in [6.45, 7) is 3.58. The van der Waals surface area contributed by atoms with Crippen molar-refractivity contribution in [2.45, 2.75) is 19.8 Å². The van der Waals surface area contributed by atoms with Crippen molar-refractivity contribution in [2.75, 3.05) is 0 Å². The second kappa shape index (κ2) is 6.45. The summed E-state index contributed by atoms with van der Waals surface area (Å²) in [5.41, 5.74) is 6.15. The predicted octanol–water partition coefficient (Wildman–Crippen LogP) is 1.66. The molecule has 0 bridgehead atoms. The summed E-state index contributed by atoms with van der Waals surface area (Å²) in [5, 5.41) is 19.5. The number of aryl methyl sites for hydroxylation is 2.